The van der Waals surface area contributed by atoms with Crippen molar-refractivity contribution in [3.63, 3.8) is 0 Å². The number of anilines is 1. The van der Waals surface area contributed by atoms with Crippen LogP contribution in [-0.2, 0) is 18.4 Å². The Hall–Kier alpha value is -1.79. The summed E-state index contributed by atoms with van der Waals surface area (Å²) in [6, 6.07) is 6.13. The van der Waals surface area contributed by atoms with E-state index in [1.54, 1.807) is 25.6 Å². The molecule has 3 rings (SSSR count). The fourth-order valence-corrected chi connectivity index (χ4v) is 4.16. The molecular formula is C16H21N3O2S. The maximum Gasteiger partial charge on any atom is 0.180 e. The van der Waals surface area contributed by atoms with E-state index in [2.05, 4.69) is 22.4 Å². The number of hydrogen-bond donors (Lipinski definition) is 2. The highest BCUT2D eigenvalue weighted by Crippen LogP contribution is 2.41. The lowest BCUT2D eigenvalue weighted by molar-refractivity contribution is 0.310. The molecule has 6 heteroatoms. The largest absolute Gasteiger partial charge is 0.493 e. The van der Waals surface area contributed by atoms with Gasteiger partial charge in [-0.15, -0.1) is 11.3 Å². The van der Waals surface area contributed by atoms with E-state index in [-0.39, 0.29) is 5.54 Å². The molecule has 0 saturated carbocycles. The minimum Gasteiger partial charge on any atom is -0.493 e. The molecule has 0 amide bonds. The van der Waals surface area contributed by atoms with Crippen LogP contribution >= 0.6 is 11.3 Å². The number of nitrogens with one attached hydrogen (secondary N) is 1. The predicted octanol–water partition coefficient (Wildman–Crippen LogP) is 2.35. The average molecular weight is 319 g/mol. The Bertz CT molecular complexity index is 686. The van der Waals surface area contributed by atoms with Crippen molar-refractivity contribution in [2.45, 2.75) is 24.8 Å². The molecule has 0 spiro atoms. The molecule has 1 heterocycles. The molecule has 0 radical (unpaired) electrons. The molecule has 3 N–H and O–H groups in total. The van der Waals surface area contributed by atoms with Crippen LogP contribution in [0.1, 0.15) is 22.6 Å². The first-order valence-electron chi connectivity index (χ1n) is 7.27. The fourth-order valence-electron chi connectivity index (χ4n) is 3.17. The highest BCUT2D eigenvalue weighted by Gasteiger charge is 2.37. The average Bonchev–Trinajstić information content (AvgIpc) is 2.92. The maximum absolute atomic E-state index is 5.86. The van der Waals surface area contributed by atoms with Crippen molar-refractivity contribution in [3.05, 3.63) is 34.3 Å². The molecule has 1 aliphatic rings. The number of aromatic nitrogens is 1. The predicted molar refractivity (Wildman–Crippen MR) is 88.8 cm³/mol. The summed E-state index contributed by atoms with van der Waals surface area (Å²) in [5.41, 5.74) is 8.09. The SMILES string of the molecule is CNC1(c2ccc(OC)c(OC)c2)CCc2nc(N)sc2C1. The molecule has 118 valence electrons. The Morgan fingerprint density at radius 2 is 2.05 bits per heavy atom. The van der Waals surface area contributed by atoms with Gasteiger partial charge in [-0.05, 0) is 37.6 Å². The van der Waals surface area contributed by atoms with Gasteiger partial charge in [0.05, 0.1) is 19.9 Å². The van der Waals surface area contributed by atoms with Gasteiger partial charge in [-0.3, -0.25) is 0 Å². The number of thiazole rings is 1. The summed E-state index contributed by atoms with van der Waals surface area (Å²) in [6.07, 6.45) is 2.80. The monoisotopic (exact) mass is 319 g/mol. The number of nitrogens with zero attached hydrogens (tertiary/aromatic N) is 1. The zero-order valence-electron chi connectivity index (χ0n) is 13.1. The number of nitrogens with two attached hydrogens (primary N) is 1. The second kappa shape index (κ2) is 5.78. The van der Waals surface area contributed by atoms with Crippen molar-refractivity contribution < 1.29 is 9.47 Å². The smallest absolute Gasteiger partial charge is 0.180 e. The number of benzene rings is 1. The van der Waals surface area contributed by atoms with Gasteiger partial charge in [0.25, 0.3) is 0 Å². The molecule has 22 heavy (non-hydrogen) atoms. The summed E-state index contributed by atoms with van der Waals surface area (Å²) < 4.78 is 10.8. The summed E-state index contributed by atoms with van der Waals surface area (Å²) in [6.45, 7) is 0. The standard InChI is InChI=1S/C16H21N3O2S/c1-18-16(7-6-11-14(9-16)22-15(17)19-11)10-4-5-12(20-2)13(8-10)21-3/h4-5,8,18H,6-7,9H2,1-3H3,(H2,17,19). The second-order valence-electron chi connectivity index (χ2n) is 5.50. The van der Waals surface area contributed by atoms with Crippen molar-refractivity contribution >= 4 is 16.5 Å². The number of ether oxygens (including phenoxy) is 2. The normalized spacial score (nSPS) is 20.5. The van der Waals surface area contributed by atoms with Crippen LogP contribution in [0.25, 0.3) is 0 Å². The van der Waals surface area contributed by atoms with E-state index in [1.165, 1.54) is 10.4 Å². The lowest BCUT2D eigenvalue weighted by Gasteiger charge is -2.37. The fraction of sp³-hybridized carbons (Fsp3) is 0.438. The van der Waals surface area contributed by atoms with Crippen LogP contribution in [-0.4, -0.2) is 26.3 Å². The van der Waals surface area contributed by atoms with Gasteiger partial charge in [0.15, 0.2) is 16.6 Å². The van der Waals surface area contributed by atoms with Crippen molar-refractivity contribution in [1.82, 2.24) is 10.3 Å². The first kappa shape index (κ1) is 15.1. The van der Waals surface area contributed by atoms with Gasteiger partial charge < -0.3 is 20.5 Å². The number of likely N-dealkylation sites (N-methyl/N-ethyl adjacent to an activating group) is 1. The molecule has 1 atom stereocenters. The highest BCUT2D eigenvalue weighted by molar-refractivity contribution is 7.15. The number of hydrogen-bond acceptors (Lipinski definition) is 6. The molecular weight excluding hydrogens is 298 g/mol. The van der Waals surface area contributed by atoms with Crippen LogP contribution in [0.5, 0.6) is 11.5 Å². The molecule has 0 fully saturated rings. The Balaban J connectivity index is 2.01. The van der Waals surface area contributed by atoms with Gasteiger partial charge in [-0.25, -0.2) is 4.98 Å². The van der Waals surface area contributed by atoms with E-state index < -0.39 is 0 Å². The van der Waals surface area contributed by atoms with E-state index >= 15 is 0 Å². The molecule has 5 nitrogen and oxygen atoms in total. The Kier molecular flexibility index (Phi) is 3.97. The van der Waals surface area contributed by atoms with Gasteiger partial charge in [0.2, 0.25) is 0 Å². The molecule has 2 aromatic rings. The Labute approximate surface area is 134 Å². The highest BCUT2D eigenvalue weighted by atomic mass is 32.1. The van der Waals surface area contributed by atoms with Crippen molar-refractivity contribution in [3.8, 4) is 11.5 Å². The quantitative estimate of drug-likeness (QED) is 0.905. The van der Waals surface area contributed by atoms with Gasteiger partial charge in [0, 0.05) is 16.8 Å². The van der Waals surface area contributed by atoms with Crippen LogP contribution < -0.4 is 20.5 Å². The topological polar surface area (TPSA) is 69.4 Å². The third-order valence-corrected chi connectivity index (χ3v) is 5.39. The van der Waals surface area contributed by atoms with E-state index in [0.29, 0.717) is 5.13 Å². The van der Waals surface area contributed by atoms with E-state index in [9.17, 15) is 0 Å². The molecule has 1 aromatic carbocycles. The van der Waals surface area contributed by atoms with E-state index in [1.807, 2.05) is 13.1 Å². The Morgan fingerprint density at radius 3 is 2.73 bits per heavy atom. The molecule has 1 unspecified atom stereocenters. The molecule has 0 bridgehead atoms. The van der Waals surface area contributed by atoms with Crippen LogP contribution in [0.4, 0.5) is 5.13 Å². The molecule has 0 aliphatic heterocycles. The second-order valence-corrected chi connectivity index (χ2v) is 6.62. The van der Waals surface area contributed by atoms with Crippen molar-refractivity contribution in [1.29, 1.82) is 0 Å². The number of fused-ring (bicyclic) bond motifs is 1. The lowest BCUT2D eigenvalue weighted by atomic mass is 9.78. The summed E-state index contributed by atoms with van der Waals surface area (Å²) in [5.74, 6) is 1.50. The first-order chi connectivity index (χ1) is 10.6. The zero-order chi connectivity index (χ0) is 15.7. The number of aryl methyl sites for hydroxylation is 1. The zero-order valence-corrected chi connectivity index (χ0v) is 13.9. The molecule has 1 aliphatic carbocycles. The van der Waals surface area contributed by atoms with Crippen LogP contribution in [0.15, 0.2) is 18.2 Å². The van der Waals surface area contributed by atoms with E-state index in [4.69, 9.17) is 15.2 Å². The van der Waals surface area contributed by atoms with Crippen molar-refractivity contribution in [2.75, 3.05) is 27.0 Å². The molecule has 0 saturated heterocycles. The van der Waals surface area contributed by atoms with Crippen LogP contribution in [0, 0.1) is 0 Å². The third-order valence-electron chi connectivity index (χ3n) is 4.46. The minimum atomic E-state index is -0.120. The van der Waals surface area contributed by atoms with Gasteiger partial charge in [-0.1, -0.05) is 6.07 Å². The maximum atomic E-state index is 5.86. The number of nitrogen functional groups attached to an aromatic ring is 1. The molecule has 1 aromatic heterocycles. The lowest BCUT2D eigenvalue weighted by Crippen LogP contribution is -2.44. The summed E-state index contributed by atoms with van der Waals surface area (Å²) in [7, 11) is 5.32. The minimum absolute atomic E-state index is 0.120. The summed E-state index contributed by atoms with van der Waals surface area (Å²) in [5, 5.41) is 4.17. The Morgan fingerprint density at radius 1 is 1.27 bits per heavy atom. The number of methoxy groups -OCH3 is 2. The van der Waals surface area contributed by atoms with E-state index in [0.717, 1.165) is 36.5 Å². The van der Waals surface area contributed by atoms with Gasteiger partial charge in [0.1, 0.15) is 0 Å². The van der Waals surface area contributed by atoms with Crippen molar-refractivity contribution in [2.24, 2.45) is 0 Å². The van der Waals surface area contributed by atoms with Crippen LogP contribution in [0.3, 0.4) is 0 Å². The summed E-state index contributed by atoms with van der Waals surface area (Å²) in [4.78, 5) is 5.70. The third kappa shape index (κ3) is 2.42. The first-order valence-corrected chi connectivity index (χ1v) is 8.09. The van der Waals surface area contributed by atoms with Crippen LogP contribution in [0.2, 0.25) is 0 Å². The summed E-state index contributed by atoms with van der Waals surface area (Å²) >= 11 is 1.59. The van der Waals surface area contributed by atoms with Gasteiger partial charge >= 0.3 is 0 Å². The van der Waals surface area contributed by atoms with Gasteiger partial charge in [-0.2, -0.15) is 0 Å². The number of rotatable bonds is 4.